The highest BCUT2D eigenvalue weighted by Crippen LogP contribution is 2.23. The second-order valence-electron chi connectivity index (χ2n) is 7.77. The van der Waals surface area contributed by atoms with Gasteiger partial charge in [-0.1, -0.05) is 26.0 Å². The van der Waals surface area contributed by atoms with Gasteiger partial charge in [0.15, 0.2) is 0 Å². The second kappa shape index (κ2) is 9.65. The molecular weight excluding hydrogens is 304 g/mol. The summed E-state index contributed by atoms with van der Waals surface area (Å²) in [6, 6.07) is 0. The molecule has 0 amide bonds. The van der Waals surface area contributed by atoms with E-state index in [2.05, 4.69) is 13.2 Å². The average Bonchev–Trinajstić information content (AvgIpc) is 2.41. The van der Waals surface area contributed by atoms with Gasteiger partial charge in [-0.3, -0.25) is 0 Å². The molecule has 0 heterocycles. The summed E-state index contributed by atoms with van der Waals surface area (Å²) in [5.41, 5.74) is -0.0808. The Labute approximate surface area is 147 Å². The summed E-state index contributed by atoms with van der Waals surface area (Å²) >= 11 is 0. The van der Waals surface area contributed by atoms with Crippen LogP contribution in [0.1, 0.15) is 80.1 Å². The molecule has 0 atom stereocenters. The van der Waals surface area contributed by atoms with Crippen molar-refractivity contribution in [1.29, 1.82) is 0 Å². The summed E-state index contributed by atoms with van der Waals surface area (Å²) in [4.78, 5) is 23.1. The van der Waals surface area contributed by atoms with E-state index in [4.69, 9.17) is 9.47 Å². The van der Waals surface area contributed by atoms with Crippen LogP contribution < -0.4 is 0 Å². The zero-order valence-corrected chi connectivity index (χ0v) is 16.3. The highest BCUT2D eigenvalue weighted by molar-refractivity contribution is 5.87. The van der Waals surface area contributed by atoms with Gasteiger partial charge in [-0.2, -0.15) is 0 Å². The van der Waals surface area contributed by atoms with Gasteiger partial charge in [0.1, 0.15) is 11.2 Å². The first kappa shape index (κ1) is 22.4. The van der Waals surface area contributed by atoms with Crippen molar-refractivity contribution in [2.75, 3.05) is 0 Å². The first-order valence-corrected chi connectivity index (χ1v) is 8.64. The van der Waals surface area contributed by atoms with E-state index in [0.29, 0.717) is 11.1 Å². The van der Waals surface area contributed by atoms with Crippen LogP contribution in [0.25, 0.3) is 0 Å². The van der Waals surface area contributed by atoms with Crippen molar-refractivity contribution in [2.45, 2.75) is 91.3 Å². The van der Waals surface area contributed by atoms with Gasteiger partial charge in [0, 0.05) is 11.1 Å². The van der Waals surface area contributed by atoms with Crippen LogP contribution in [0.3, 0.4) is 0 Å². The van der Waals surface area contributed by atoms with Gasteiger partial charge in [0.05, 0.1) is 0 Å². The van der Waals surface area contributed by atoms with Crippen LogP contribution in [0.2, 0.25) is 0 Å². The summed E-state index contributed by atoms with van der Waals surface area (Å²) < 4.78 is 10.8. The Morgan fingerprint density at radius 3 is 1.25 bits per heavy atom. The molecule has 0 saturated heterocycles. The molecule has 0 spiro atoms. The third-order valence-electron chi connectivity index (χ3n) is 3.74. The zero-order chi connectivity index (χ0) is 19.0. The van der Waals surface area contributed by atoms with Crippen LogP contribution in [-0.4, -0.2) is 23.1 Å². The maximum Gasteiger partial charge on any atom is 0.333 e. The van der Waals surface area contributed by atoms with Crippen LogP contribution in [0.4, 0.5) is 0 Å². The molecule has 0 aliphatic rings. The largest absolute Gasteiger partial charge is 0.456 e. The highest BCUT2D eigenvalue weighted by Gasteiger charge is 2.24. The van der Waals surface area contributed by atoms with Gasteiger partial charge >= 0.3 is 11.9 Å². The fourth-order valence-corrected chi connectivity index (χ4v) is 2.23. The van der Waals surface area contributed by atoms with Crippen LogP contribution in [0, 0.1) is 0 Å². The predicted molar refractivity (Wildman–Crippen MR) is 97.7 cm³/mol. The number of carbonyl (C=O) groups excluding carboxylic acids is 2. The van der Waals surface area contributed by atoms with E-state index in [1.54, 1.807) is 13.8 Å². The van der Waals surface area contributed by atoms with Gasteiger partial charge in [0.25, 0.3) is 0 Å². The lowest BCUT2D eigenvalue weighted by atomic mass is 9.96. The lowest BCUT2D eigenvalue weighted by molar-refractivity contribution is -0.153. The first-order valence-electron chi connectivity index (χ1n) is 8.64. The Balaban J connectivity index is 3.98. The number of carbonyl (C=O) groups is 2. The number of unbranched alkanes of at least 4 members (excludes halogenated alkanes) is 3. The number of ether oxygens (including phenoxy) is 2. The fraction of sp³-hybridized carbons (Fsp3) is 0.700. The summed E-state index contributed by atoms with van der Waals surface area (Å²) in [5, 5.41) is 0. The molecule has 0 rings (SSSR count). The fourth-order valence-electron chi connectivity index (χ4n) is 2.23. The van der Waals surface area contributed by atoms with E-state index in [-0.39, 0.29) is 11.9 Å². The predicted octanol–water partition coefficient (Wildman–Crippen LogP) is 5.12. The Morgan fingerprint density at radius 1 is 0.708 bits per heavy atom. The standard InChI is InChI=1S/C20H34O4/c1-15(2)17(21)23-19(5,6)13-11-9-10-12-14-20(7,8)24-18(22)16(3)4/h1,3,9-14H2,2,4-8H3. The van der Waals surface area contributed by atoms with E-state index >= 15 is 0 Å². The molecule has 0 saturated carbocycles. The Hall–Kier alpha value is -1.58. The SMILES string of the molecule is C=C(C)C(=O)OC(C)(C)CCCCCCC(C)(C)OC(=O)C(=C)C. The normalized spacial score (nSPS) is 11.8. The average molecular weight is 338 g/mol. The van der Waals surface area contributed by atoms with Gasteiger partial charge in [-0.15, -0.1) is 0 Å². The van der Waals surface area contributed by atoms with E-state index in [0.717, 1.165) is 38.5 Å². The minimum absolute atomic E-state index is 0.332. The Bertz CT molecular complexity index is 428. The van der Waals surface area contributed by atoms with Gasteiger partial charge in [-0.25, -0.2) is 9.59 Å². The quantitative estimate of drug-likeness (QED) is 0.298. The van der Waals surface area contributed by atoms with Gasteiger partial charge in [0.2, 0.25) is 0 Å². The molecule has 0 aliphatic heterocycles. The van der Waals surface area contributed by atoms with Crippen LogP contribution in [-0.2, 0) is 19.1 Å². The summed E-state index contributed by atoms with van der Waals surface area (Å²) in [6.45, 7) is 18.2. The molecule has 0 radical (unpaired) electrons. The third kappa shape index (κ3) is 10.2. The van der Waals surface area contributed by atoms with Crippen molar-refractivity contribution in [1.82, 2.24) is 0 Å². The number of esters is 2. The van der Waals surface area contributed by atoms with Crippen molar-refractivity contribution in [3.05, 3.63) is 24.3 Å². The molecule has 0 N–H and O–H groups in total. The molecule has 0 aliphatic carbocycles. The number of hydrogen-bond donors (Lipinski definition) is 0. The molecule has 0 aromatic rings. The van der Waals surface area contributed by atoms with E-state index in [9.17, 15) is 9.59 Å². The zero-order valence-electron chi connectivity index (χ0n) is 16.3. The molecule has 24 heavy (non-hydrogen) atoms. The maximum absolute atomic E-state index is 11.6. The van der Waals surface area contributed by atoms with Gasteiger partial charge in [-0.05, 0) is 67.2 Å². The van der Waals surface area contributed by atoms with Gasteiger partial charge < -0.3 is 9.47 Å². The summed E-state index contributed by atoms with van der Waals surface area (Å²) in [5.74, 6) is -0.665. The van der Waals surface area contributed by atoms with Crippen LogP contribution in [0.15, 0.2) is 24.3 Å². The van der Waals surface area contributed by atoms with Crippen molar-refractivity contribution in [3.8, 4) is 0 Å². The lowest BCUT2D eigenvalue weighted by Crippen LogP contribution is -2.28. The second-order valence-corrected chi connectivity index (χ2v) is 7.77. The maximum atomic E-state index is 11.6. The topological polar surface area (TPSA) is 52.6 Å². The highest BCUT2D eigenvalue weighted by atomic mass is 16.6. The molecule has 4 heteroatoms. The molecule has 0 fully saturated rings. The molecule has 4 nitrogen and oxygen atoms in total. The molecule has 0 bridgehead atoms. The molecular formula is C20H34O4. The molecule has 0 aromatic heterocycles. The first-order chi connectivity index (χ1) is 10.9. The number of hydrogen-bond acceptors (Lipinski definition) is 4. The molecule has 0 unspecified atom stereocenters. The minimum Gasteiger partial charge on any atom is -0.456 e. The Morgan fingerprint density at radius 2 is 1.00 bits per heavy atom. The van der Waals surface area contributed by atoms with E-state index in [1.807, 2.05) is 27.7 Å². The smallest absolute Gasteiger partial charge is 0.333 e. The van der Waals surface area contributed by atoms with Crippen molar-refractivity contribution in [2.24, 2.45) is 0 Å². The third-order valence-corrected chi connectivity index (χ3v) is 3.74. The van der Waals surface area contributed by atoms with Crippen LogP contribution in [0.5, 0.6) is 0 Å². The summed E-state index contributed by atoms with van der Waals surface area (Å²) in [7, 11) is 0. The monoisotopic (exact) mass is 338 g/mol. The summed E-state index contributed by atoms with van der Waals surface area (Å²) in [6.07, 6.45) is 5.72. The van der Waals surface area contributed by atoms with Crippen molar-refractivity contribution in [3.63, 3.8) is 0 Å². The number of rotatable bonds is 11. The minimum atomic E-state index is -0.466. The van der Waals surface area contributed by atoms with E-state index < -0.39 is 11.2 Å². The van der Waals surface area contributed by atoms with Crippen LogP contribution >= 0.6 is 0 Å². The Kier molecular flexibility index (Phi) is 9.02. The molecule has 0 aromatic carbocycles. The molecule has 138 valence electrons. The lowest BCUT2D eigenvalue weighted by Gasteiger charge is -2.26. The van der Waals surface area contributed by atoms with E-state index in [1.165, 1.54) is 0 Å². The van der Waals surface area contributed by atoms with Crippen molar-refractivity contribution < 1.29 is 19.1 Å². The van der Waals surface area contributed by atoms with Crippen molar-refractivity contribution >= 4 is 11.9 Å².